The SMILES string of the molecule is CCc1c(Cl)nc(C23CC4CC(CC(C4)C2)C3)nc1Cl. The molecule has 0 spiro atoms. The molecule has 108 valence electrons. The highest BCUT2D eigenvalue weighted by atomic mass is 35.5. The lowest BCUT2D eigenvalue weighted by Crippen LogP contribution is -2.49. The molecular weight excluding hydrogens is 291 g/mol. The predicted octanol–water partition coefficient (Wildman–Crippen LogP) is 4.81. The summed E-state index contributed by atoms with van der Waals surface area (Å²) in [5, 5.41) is 1.14. The number of hydrogen-bond acceptors (Lipinski definition) is 2. The summed E-state index contributed by atoms with van der Waals surface area (Å²) in [6.07, 6.45) is 8.81. The average Bonchev–Trinajstić information content (AvgIpc) is 2.36. The topological polar surface area (TPSA) is 25.8 Å². The van der Waals surface area contributed by atoms with Crippen LogP contribution in [0.5, 0.6) is 0 Å². The first-order valence-electron chi connectivity index (χ1n) is 7.82. The lowest BCUT2D eigenvalue weighted by atomic mass is 9.49. The van der Waals surface area contributed by atoms with E-state index in [0.717, 1.165) is 35.6 Å². The quantitative estimate of drug-likeness (QED) is 0.732. The molecule has 5 rings (SSSR count). The Morgan fingerprint density at radius 3 is 1.80 bits per heavy atom. The van der Waals surface area contributed by atoms with E-state index in [4.69, 9.17) is 23.2 Å². The van der Waals surface area contributed by atoms with Crippen molar-refractivity contribution in [2.24, 2.45) is 17.8 Å². The molecule has 0 unspecified atom stereocenters. The highest BCUT2D eigenvalue weighted by Gasteiger charge is 2.53. The van der Waals surface area contributed by atoms with E-state index in [1.54, 1.807) is 0 Å². The van der Waals surface area contributed by atoms with Gasteiger partial charge < -0.3 is 0 Å². The lowest BCUT2D eigenvalue weighted by Gasteiger charge is -2.56. The molecular formula is C16H20Cl2N2. The van der Waals surface area contributed by atoms with Crippen molar-refractivity contribution in [1.29, 1.82) is 0 Å². The van der Waals surface area contributed by atoms with Crippen molar-refractivity contribution in [3.05, 3.63) is 21.7 Å². The molecule has 1 aromatic heterocycles. The normalized spacial score (nSPS) is 38.5. The van der Waals surface area contributed by atoms with Gasteiger partial charge in [-0.3, -0.25) is 0 Å². The molecule has 0 N–H and O–H groups in total. The van der Waals surface area contributed by atoms with Gasteiger partial charge in [-0.1, -0.05) is 30.1 Å². The Hall–Kier alpha value is -0.340. The van der Waals surface area contributed by atoms with Gasteiger partial charge in [0.2, 0.25) is 0 Å². The maximum atomic E-state index is 6.34. The van der Waals surface area contributed by atoms with Crippen LogP contribution in [0, 0.1) is 17.8 Å². The maximum Gasteiger partial charge on any atom is 0.138 e. The Kier molecular flexibility index (Phi) is 3.05. The third-order valence-electron chi connectivity index (χ3n) is 5.77. The second-order valence-corrected chi connectivity index (χ2v) is 7.87. The van der Waals surface area contributed by atoms with Crippen LogP contribution in [0.1, 0.15) is 56.8 Å². The Labute approximate surface area is 130 Å². The fourth-order valence-electron chi connectivity index (χ4n) is 5.34. The second kappa shape index (κ2) is 4.58. The van der Waals surface area contributed by atoms with Gasteiger partial charge in [-0.15, -0.1) is 0 Å². The molecule has 1 heterocycles. The molecule has 0 amide bonds. The van der Waals surface area contributed by atoms with E-state index in [2.05, 4.69) is 9.97 Å². The zero-order valence-electron chi connectivity index (χ0n) is 11.8. The average molecular weight is 311 g/mol. The Morgan fingerprint density at radius 2 is 1.40 bits per heavy atom. The first kappa shape index (κ1) is 13.3. The molecule has 4 fully saturated rings. The Morgan fingerprint density at radius 1 is 0.950 bits per heavy atom. The number of aromatic nitrogens is 2. The first-order valence-corrected chi connectivity index (χ1v) is 8.57. The van der Waals surface area contributed by atoms with Gasteiger partial charge in [0.1, 0.15) is 16.1 Å². The van der Waals surface area contributed by atoms with Crippen molar-refractivity contribution in [2.45, 2.75) is 57.3 Å². The largest absolute Gasteiger partial charge is 0.220 e. The van der Waals surface area contributed by atoms with E-state index in [1.165, 1.54) is 38.5 Å². The van der Waals surface area contributed by atoms with Crippen LogP contribution < -0.4 is 0 Å². The number of halogens is 2. The summed E-state index contributed by atoms with van der Waals surface area (Å²) >= 11 is 12.7. The van der Waals surface area contributed by atoms with Crippen molar-refractivity contribution < 1.29 is 0 Å². The van der Waals surface area contributed by atoms with Crippen molar-refractivity contribution in [3.63, 3.8) is 0 Å². The molecule has 2 nitrogen and oxygen atoms in total. The van der Waals surface area contributed by atoms with E-state index in [0.29, 0.717) is 10.3 Å². The molecule has 0 saturated heterocycles. The van der Waals surface area contributed by atoms with Gasteiger partial charge in [0.25, 0.3) is 0 Å². The Balaban J connectivity index is 1.77. The molecule has 0 aromatic carbocycles. The molecule has 20 heavy (non-hydrogen) atoms. The van der Waals surface area contributed by atoms with E-state index in [1.807, 2.05) is 6.92 Å². The van der Waals surface area contributed by atoms with Crippen LogP contribution in [0.4, 0.5) is 0 Å². The van der Waals surface area contributed by atoms with E-state index < -0.39 is 0 Å². The summed E-state index contributed by atoms with van der Waals surface area (Å²) in [5.41, 5.74) is 1.07. The fourth-order valence-corrected chi connectivity index (χ4v) is 6.00. The molecule has 4 saturated carbocycles. The maximum absolute atomic E-state index is 6.34. The van der Waals surface area contributed by atoms with E-state index >= 15 is 0 Å². The highest BCUT2D eigenvalue weighted by Crippen LogP contribution is 2.60. The minimum absolute atomic E-state index is 0.175. The van der Waals surface area contributed by atoms with Crippen molar-refractivity contribution in [1.82, 2.24) is 9.97 Å². The number of nitrogens with zero attached hydrogens (tertiary/aromatic N) is 2. The summed E-state index contributed by atoms with van der Waals surface area (Å²) < 4.78 is 0. The zero-order valence-corrected chi connectivity index (χ0v) is 13.3. The molecule has 4 bridgehead atoms. The monoisotopic (exact) mass is 310 g/mol. The standard InChI is InChI=1S/C16H20Cl2N2/c1-2-12-13(17)19-15(20-14(12)18)16-6-9-3-10(7-16)5-11(4-9)8-16/h9-11H,2-8H2,1H3. The van der Waals surface area contributed by atoms with Crippen LogP contribution in [-0.4, -0.2) is 9.97 Å². The van der Waals surface area contributed by atoms with Gasteiger partial charge in [-0.25, -0.2) is 9.97 Å². The van der Waals surface area contributed by atoms with Gasteiger partial charge in [-0.05, 0) is 62.7 Å². The molecule has 0 radical (unpaired) electrons. The third kappa shape index (κ3) is 1.91. The second-order valence-electron chi connectivity index (χ2n) is 7.16. The summed E-state index contributed by atoms with van der Waals surface area (Å²) in [6.45, 7) is 2.04. The van der Waals surface area contributed by atoms with E-state index in [-0.39, 0.29) is 5.41 Å². The summed E-state index contributed by atoms with van der Waals surface area (Å²) in [6, 6.07) is 0. The molecule has 0 atom stereocenters. The van der Waals surface area contributed by atoms with Crippen LogP contribution in [0.15, 0.2) is 0 Å². The third-order valence-corrected chi connectivity index (χ3v) is 6.40. The fraction of sp³-hybridized carbons (Fsp3) is 0.750. The van der Waals surface area contributed by atoms with Crippen molar-refractivity contribution in [2.75, 3.05) is 0 Å². The minimum atomic E-state index is 0.175. The lowest BCUT2D eigenvalue weighted by molar-refractivity contribution is -0.00940. The van der Waals surface area contributed by atoms with Crippen LogP contribution in [0.2, 0.25) is 10.3 Å². The van der Waals surface area contributed by atoms with Crippen LogP contribution in [0.25, 0.3) is 0 Å². The first-order chi connectivity index (χ1) is 9.59. The van der Waals surface area contributed by atoms with Crippen molar-refractivity contribution >= 4 is 23.2 Å². The van der Waals surface area contributed by atoms with Crippen LogP contribution in [0.3, 0.4) is 0 Å². The summed E-state index contributed by atoms with van der Waals surface area (Å²) in [5.74, 6) is 3.58. The number of rotatable bonds is 2. The smallest absolute Gasteiger partial charge is 0.138 e. The van der Waals surface area contributed by atoms with Crippen molar-refractivity contribution in [3.8, 4) is 0 Å². The van der Waals surface area contributed by atoms with Gasteiger partial charge in [0.15, 0.2) is 0 Å². The Bertz CT molecular complexity index is 497. The molecule has 4 aliphatic rings. The van der Waals surface area contributed by atoms with Crippen LogP contribution in [-0.2, 0) is 11.8 Å². The van der Waals surface area contributed by atoms with Crippen LogP contribution >= 0.6 is 23.2 Å². The zero-order chi connectivity index (χ0) is 13.9. The molecule has 4 aliphatic carbocycles. The van der Waals surface area contributed by atoms with Gasteiger partial charge in [0.05, 0.1) is 0 Å². The predicted molar refractivity (Wildman–Crippen MR) is 81.3 cm³/mol. The molecule has 1 aromatic rings. The highest BCUT2D eigenvalue weighted by molar-refractivity contribution is 6.34. The summed E-state index contributed by atoms with van der Waals surface area (Å²) in [7, 11) is 0. The number of hydrogen-bond donors (Lipinski definition) is 0. The van der Waals surface area contributed by atoms with E-state index in [9.17, 15) is 0 Å². The van der Waals surface area contributed by atoms with Gasteiger partial charge in [-0.2, -0.15) is 0 Å². The summed E-state index contributed by atoms with van der Waals surface area (Å²) in [4.78, 5) is 9.33. The minimum Gasteiger partial charge on any atom is -0.220 e. The molecule has 0 aliphatic heterocycles. The van der Waals surface area contributed by atoms with Gasteiger partial charge in [0, 0.05) is 11.0 Å². The molecule has 4 heteroatoms. The van der Waals surface area contributed by atoms with Gasteiger partial charge >= 0.3 is 0 Å².